The minimum absolute atomic E-state index is 0.0371. The van der Waals surface area contributed by atoms with Crippen molar-refractivity contribution >= 4 is 11.7 Å². The third-order valence-corrected chi connectivity index (χ3v) is 4.94. The number of nitrogens with zero attached hydrogens (tertiary/aromatic N) is 2. The summed E-state index contributed by atoms with van der Waals surface area (Å²) in [4.78, 5) is 14.6. The lowest BCUT2D eigenvalue weighted by Crippen LogP contribution is -2.55. The number of nitrogens with one attached hydrogen (secondary N) is 1. The molecule has 0 heterocycles. The number of amidine groups is 1. The molecule has 1 saturated carbocycles. The lowest BCUT2D eigenvalue weighted by Gasteiger charge is -2.37. The molecule has 1 amide bonds. The van der Waals surface area contributed by atoms with Gasteiger partial charge in [0, 0.05) is 12.1 Å². The van der Waals surface area contributed by atoms with E-state index in [0.29, 0.717) is 13.0 Å². The third-order valence-electron chi connectivity index (χ3n) is 4.94. The molecule has 0 bridgehead atoms. The van der Waals surface area contributed by atoms with Crippen LogP contribution >= 0.6 is 0 Å². The largest absolute Gasteiger partial charge is 0.409 e. The molecule has 20 heavy (non-hydrogen) atoms. The van der Waals surface area contributed by atoms with Gasteiger partial charge in [0.2, 0.25) is 5.91 Å². The quantitative estimate of drug-likeness (QED) is 0.295. The van der Waals surface area contributed by atoms with Gasteiger partial charge in [-0.15, -0.1) is 0 Å². The Morgan fingerprint density at radius 2 is 2.00 bits per heavy atom. The van der Waals surface area contributed by atoms with Crippen molar-refractivity contribution in [3.05, 3.63) is 0 Å². The third kappa shape index (κ3) is 3.06. The highest BCUT2D eigenvalue weighted by Crippen LogP contribution is 2.33. The van der Waals surface area contributed by atoms with E-state index >= 15 is 0 Å². The summed E-state index contributed by atoms with van der Waals surface area (Å²) in [5.41, 5.74) is 4.75. The first-order valence-corrected chi connectivity index (χ1v) is 7.26. The van der Waals surface area contributed by atoms with Crippen molar-refractivity contribution in [1.82, 2.24) is 10.2 Å². The van der Waals surface area contributed by atoms with Crippen LogP contribution in [0.2, 0.25) is 0 Å². The first kappa shape index (κ1) is 16.8. The van der Waals surface area contributed by atoms with Crippen molar-refractivity contribution < 1.29 is 10.0 Å². The van der Waals surface area contributed by atoms with E-state index in [-0.39, 0.29) is 17.3 Å². The van der Waals surface area contributed by atoms with Crippen molar-refractivity contribution in [3.8, 4) is 0 Å². The number of hydrogen-bond donors (Lipinski definition) is 3. The number of rotatable bonds is 6. The molecule has 1 fully saturated rings. The molecule has 0 aliphatic heterocycles. The van der Waals surface area contributed by atoms with Gasteiger partial charge in [0.25, 0.3) is 0 Å². The molecule has 0 aromatic rings. The summed E-state index contributed by atoms with van der Waals surface area (Å²) in [5, 5.41) is 14.9. The van der Waals surface area contributed by atoms with Crippen LogP contribution in [0.15, 0.2) is 5.16 Å². The lowest BCUT2D eigenvalue weighted by molar-refractivity contribution is -0.127. The summed E-state index contributed by atoms with van der Waals surface area (Å²) in [6, 6.07) is 0. The predicted octanol–water partition coefficient (Wildman–Crippen LogP) is 1.14. The first-order chi connectivity index (χ1) is 9.32. The van der Waals surface area contributed by atoms with E-state index in [9.17, 15) is 4.79 Å². The number of hydrogen-bond acceptors (Lipinski definition) is 4. The highest BCUT2D eigenvalue weighted by molar-refractivity contribution is 6.06. The van der Waals surface area contributed by atoms with Crippen LogP contribution < -0.4 is 11.1 Å². The summed E-state index contributed by atoms with van der Waals surface area (Å²) in [6.45, 7) is 4.16. The van der Waals surface area contributed by atoms with Gasteiger partial charge in [0.15, 0.2) is 5.84 Å². The Balaban J connectivity index is 2.75. The van der Waals surface area contributed by atoms with Gasteiger partial charge in [0.05, 0.1) is 0 Å². The normalized spacial score (nSPS) is 21.8. The minimum atomic E-state index is -0.957. The molecule has 1 aliphatic carbocycles. The highest BCUT2D eigenvalue weighted by Gasteiger charge is 2.40. The van der Waals surface area contributed by atoms with Crippen molar-refractivity contribution in [2.45, 2.75) is 51.5 Å². The molecule has 1 aliphatic rings. The number of amides is 1. The van der Waals surface area contributed by atoms with Gasteiger partial charge < -0.3 is 21.2 Å². The maximum absolute atomic E-state index is 12.4. The lowest BCUT2D eigenvalue weighted by atomic mass is 9.84. The number of oxime groups is 1. The molecule has 1 unspecified atom stereocenters. The van der Waals surface area contributed by atoms with E-state index in [0.717, 1.165) is 12.8 Å². The molecule has 0 radical (unpaired) electrons. The smallest absolute Gasteiger partial charge is 0.233 e. The molecule has 0 spiro atoms. The molecular formula is C14H28N4O2. The second kappa shape index (κ2) is 6.43. The number of carbonyl (C=O) groups excluding carboxylic acids is 1. The molecule has 1 atom stereocenters. The van der Waals surface area contributed by atoms with E-state index in [1.165, 1.54) is 12.8 Å². The predicted molar refractivity (Wildman–Crippen MR) is 79.7 cm³/mol. The van der Waals surface area contributed by atoms with Crippen LogP contribution in [0, 0.1) is 5.41 Å². The molecule has 6 heteroatoms. The van der Waals surface area contributed by atoms with Crippen molar-refractivity contribution in [3.63, 3.8) is 0 Å². The Hall–Kier alpha value is -1.30. The zero-order chi connectivity index (χ0) is 15.4. The molecule has 6 nitrogen and oxygen atoms in total. The van der Waals surface area contributed by atoms with Gasteiger partial charge in [-0.05, 0) is 40.3 Å². The fourth-order valence-corrected chi connectivity index (χ4v) is 2.82. The van der Waals surface area contributed by atoms with Crippen LogP contribution in [-0.2, 0) is 4.79 Å². The van der Waals surface area contributed by atoms with E-state index in [4.69, 9.17) is 10.9 Å². The SMILES string of the molecule is CCC(C)(C(=O)NCC1(N(C)C)CCCC1)C(N)=NO. The maximum atomic E-state index is 12.4. The molecule has 1 rings (SSSR count). The molecule has 0 aromatic carbocycles. The van der Waals surface area contributed by atoms with E-state index in [2.05, 4.69) is 29.5 Å². The molecule has 0 saturated heterocycles. The summed E-state index contributed by atoms with van der Waals surface area (Å²) in [7, 11) is 4.11. The molecule has 4 N–H and O–H groups in total. The van der Waals surface area contributed by atoms with Crippen molar-refractivity contribution in [2.24, 2.45) is 16.3 Å². The molecule has 0 aromatic heterocycles. The van der Waals surface area contributed by atoms with Gasteiger partial charge >= 0.3 is 0 Å². The Morgan fingerprint density at radius 3 is 2.40 bits per heavy atom. The number of carbonyl (C=O) groups is 1. The zero-order valence-corrected chi connectivity index (χ0v) is 13.1. The summed E-state index contributed by atoms with van der Waals surface area (Å²) < 4.78 is 0. The summed E-state index contributed by atoms with van der Waals surface area (Å²) in [6.07, 6.45) is 5.06. The maximum Gasteiger partial charge on any atom is 0.233 e. The van der Waals surface area contributed by atoms with Gasteiger partial charge in [-0.1, -0.05) is 24.9 Å². The second-order valence-corrected chi connectivity index (χ2v) is 6.18. The minimum Gasteiger partial charge on any atom is -0.409 e. The van der Waals surface area contributed by atoms with Gasteiger partial charge in [0.1, 0.15) is 5.41 Å². The van der Waals surface area contributed by atoms with Crippen LogP contribution in [0.5, 0.6) is 0 Å². The van der Waals surface area contributed by atoms with Crippen LogP contribution in [0.4, 0.5) is 0 Å². The Kier molecular flexibility index (Phi) is 5.39. The summed E-state index contributed by atoms with van der Waals surface area (Å²) in [5.74, 6) is -0.216. The number of likely N-dealkylation sites (N-methyl/N-ethyl adjacent to an activating group) is 1. The average molecular weight is 284 g/mol. The fourth-order valence-electron chi connectivity index (χ4n) is 2.82. The van der Waals surface area contributed by atoms with Crippen molar-refractivity contribution in [1.29, 1.82) is 0 Å². The zero-order valence-electron chi connectivity index (χ0n) is 13.1. The Labute approximate surface area is 121 Å². The molecule has 116 valence electrons. The van der Waals surface area contributed by atoms with Crippen LogP contribution in [0.25, 0.3) is 0 Å². The van der Waals surface area contributed by atoms with E-state index < -0.39 is 5.41 Å². The number of nitrogens with two attached hydrogens (primary N) is 1. The van der Waals surface area contributed by atoms with Gasteiger partial charge in [-0.2, -0.15) is 0 Å². The van der Waals surface area contributed by atoms with Gasteiger partial charge in [-0.3, -0.25) is 4.79 Å². The Morgan fingerprint density at radius 1 is 1.45 bits per heavy atom. The van der Waals surface area contributed by atoms with Crippen molar-refractivity contribution in [2.75, 3.05) is 20.6 Å². The highest BCUT2D eigenvalue weighted by atomic mass is 16.4. The summed E-state index contributed by atoms with van der Waals surface area (Å²) >= 11 is 0. The van der Waals surface area contributed by atoms with E-state index in [1.807, 2.05) is 6.92 Å². The van der Waals surface area contributed by atoms with Crippen LogP contribution in [0.1, 0.15) is 46.0 Å². The van der Waals surface area contributed by atoms with E-state index in [1.54, 1.807) is 6.92 Å². The monoisotopic (exact) mass is 284 g/mol. The average Bonchev–Trinajstić information content (AvgIpc) is 2.93. The standard InChI is InChI=1S/C14H28N4O2/c1-5-13(2,11(15)17-20)12(19)16-10-14(18(3)4)8-6-7-9-14/h20H,5-10H2,1-4H3,(H2,15,17)(H,16,19). The topological polar surface area (TPSA) is 91.0 Å². The fraction of sp³-hybridized carbons (Fsp3) is 0.857. The first-order valence-electron chi connectivity index (χ1n) is 7.26. The van der Waals surface area contributed by atoms with Crippen LogP contribution in [0.3, 0.4) is 0 Å². The van der Waals surface area contributed by atoms with Gasteiger partial charge in [-0.25, -0.2) is 0 Å². The van der Waals surface area contributed by atoms with Crippen LogP contribution in [-0.4, -0.2) is 48.0 Å². The molecular weight excluding hydrogens is 256 g/mol. The Bertz CT molecular complexity index is 375. The second-order valence-electron chi connectivity index (χ2n) is 6.18.